The monoisotopic (exact) mass is 365 g/mol. The molecule has 0 N–H and O–H groups in total. The van der Waals surface area contributed by atoms with Gasteiger partial charge < -0.3 is 21.5 Å². The van der Waals surface area contributed by atoms with Gasteiger partial charge in [0, 0.05) is 11.0 Å². The van der Waals surface area contributed by atoms with Crippen LogP contribution in [0.4, 0.5) is 0 Å². The van der Waals surface area contributed by atoms with Gasteiger partial charge in [-0.05, 0) is 31.9 Å². The van der Waals surface area contributed by atoms with Crippen molar-refractivity contribution < 1.29 is 26.3 Å². The summed E-state index contributed by atoms with van der Waals surface area (Å²) in [5.74, 6) is 6.79. The SMILES string of the molecule is CC[N+](CC)(CC#Cc1ccccc1)CC(=O)C(C)(C)C.[Br-]. The molecule has 22 heavy (non-hydrogen) atoms. The van der Waals surface area contributed by atoms with Crippen molar-refractivity contribution in [3.8, 4) is 11.8 Å². The predicted octanol–water partition coefficient (Wildman–Crippen LogP) is 0.514. The fourth-order valence-corrected chi connectivity index (χ4v) is 2.10. The number of ketones is 1. The molecule has 0 saturated carbocycles. The Hall–Kier alpha value is -1.11. The van der Waals surface area contributed by atoms with Crippen LogP contribution >= 0.6 is 0 Å². The number of carbonyl (C=O) groups excluding carboxylic acids is 1. The molecule has 0 aliphatic rings. The molecule has 0 spiro atoms. The fourth-order valence-electron chi connectivity index (χ4n) is 2.10. The van der Waals surface area contributed by atoms with Crippen LogP contribution in [0.15, 0.2) is 30.3 Å². The standard InChI is InChI=1S/C19H28NO.BrH/c1-6-20(7-2,16-18(21)19(3,4)5)15-11-14-17-12-9-8-10-13-17;/h8-10,12-13H,6-7,15-16H2,1-5H3;1H/q+1;/p-1. The van der Waals surface area contributed by atoms with Crippen LogP contribution in [0.2, 0.25) is 0 Å². The van der Waals surface area contributed by atoms with Gasteiger partial charge in [-0.15, -0.1) is 0 Å². The second-order valence-electron chi connectivity index (χ2n) is 6.63. The summed E-state index contributed by atoms with van der Waals surface area (Å²) in [5.41, 5.74) is 0.755. The first kappa shape index (κ1) is 20.9. The van der Waals surface area contributed by atoms with E-state index in [0.717, 1.165) is 29.7 Å². The Balaban J connectivity index is 0.00000441. The molecule has 0 heterocycles. The molecule has 0 amide bonds. The van der Waals surface area contributed by atoms with Crippen molar-refractivity contribution in [2.45, 2.75) is 34.6 Å². The first-order chi connectivity index (χ1) is 9.83. The maximum absolute atomic E-state index is 12.4. The molecule has 0 bridgehead atoms. The van der Waals surface area contributed by atoms with Crippen LogP contribution in [-0.2, 0) is 4.79 Å². The lowest BCUT2D eigenvalue weighted by molar-refractivity contribution is -0.910. The molecule has 122 valence electrons. The number of Topliss-reactive ketones (excluding diaryl/α,β-unsaturated/α-hetero) is 1. The number of nitrogens with zero attached hydrogens (tertiary/aromatic N) is 1. The summed E-state index contributed by atoms with van der Waals surface area (Å²) in [6.45, 7) is 13.4. The summed E-state index contributed by atoms with van der Waals surface area (Å²) in [6, 6.07) is 10.0. The van der Waals surface area contributed by atoms with Crippen molar-refractivity contribution in [2.24, 2.45) is 5.41 Å². The van der Waals surface area contributed by atoms with Gasteiger partial charge in [0.15, 0.2) is 5.78 Å². The highest BCUT2D eigenvalue weighted by Crippen LogP contribution is 2.18. The number of halogens is 1. The van der Waals surface area contributed by atoms with Crippen molar-refractivity contribution in [2.75, 3.05) is 26.2 Å². The Bertz CT molecular complexity index is 516. The minimum Gasteiger partial charge on any atom is -1.00 e. The van der Waals surface area contributed by atoms with Gasteiger partial charge in [0.05, 0.1) is 13.1 Å². The van der Waals surface area contributed by atoms with Crippen LogP contribution < -0.4 is 17.0 Å². The third kappa shape index (κ3) is 6.34. The summed E-state index contributed by atoms with van der Waals surface area (Å²) >= 11 is 0. The highest BCUT2D eigenvalue weighted by molar-refractivity contribution is 5.84. The minimum absolute atomic E-state index is 0. The van der Waals surface area contributed by atoms with E-state index in [-0.39, 0.29) is 22.4 Å². The van der Waals surface area contributed by atoms with Crippen molar-refractivity contribution in [1.82, 2.24) is 0 Å². The summed E-state index contributed by atoms with van der Waals surface area (Å²) in [6.07, 6.45) is 0. The first-order valence-corrected chi connectivity index (χ1v) is 7.75. The van der Waals surface area contributed by atoms with Crippen LogP contribution in [0.5, 0.6) is 0 Å². The molecule has 0 aliphatic carbocycles. The van der Waals surface area contributed by atoms with E-state index in [4.69, 9.17) is 0 Å². The normalized spacial score (nSPS) is 11.1. The highest BCUT2D eigenvalue weighted by Gasteiger charge is 2.32. The summed E-state index contributed by atoms with van der Waals surface area (Å²) in [5, 5.41) is 0. The first-order valence-electron chi connectivity index (χ1n) is 7.75. The molecule has 0 aliphatic heterocycles. The summed E-state index contributed by atoms with van der Waals surface area (Å²) in [4.78, 5) is 12.4. The van der Waals surface area contributed by atoms with Crippen molar-refractivity contribution >= 4 is 5.78 Å². The smallest absolute Gasteiger partial charge is 0.192 e. The Morgan fingerprint density at radius 1 is 1.09 bits per heavy atom. The Morgan fingerprint density at radius 3 is 2.09 bits per heavy atom. The van der Waals surface area contributed by atoms with Crippen molar-refractivity contribution in [3.63, 3.8) is 0 Å². The van der Waals surface area contributed by atoms with E-state index in [1.165, 1.54) is 0 Å². The van der Waals surface area contributed by atoms with Gasteiger partial charge in [0.2, 0.25) is 0 Å². The van der Waals surface area contributed by atoms with E-state index in [1.54, 1.807) is 0 Å². The molecule has 0 radical (unpaired) electrons. The number of likely N-dealkylation sites (N-methyl/N-ethyl adjacent to an activating group) is 1. The van der Waals surface area contributed by atoms with E-state index in [9.17, 15) is 4.79 Å². The van der Waals surface area contributed by atoms with Crippen LogP contribution in [0.1, 0.15) is 40.2 Å². The number of hydrogen-bond acceptors (Lipinski definition) is 1. The number of hydrogen-bond donors (Lipinski definition) is 0. The number of rotatable bonds is 5. The molecular formula is C19H28BrNO. The summed E-state index contributed by atoms with van der Waals surface area (Å²) < 4.78 is 0.746. The maximum atomic E-state index is 12.4. The number of quaternary nitrogens is 1. The summed E-state index contributed by atoms with van der Waals surface area (Å²) in [7, 11) is 0. The lowest BCUT2D eigenvalue weighted by atomic mass is 9.90. The van der Waals surface area contributed by atoms with E-state index in [1.807, 2.05) is 51.1 Å². The lowest BCUT2D eigenvalue weighted by Gasteiger charge is -2.36. The fraction of sp³-hybridized carbons (Fsp3) is 0.526. The average molecular weight is 366 g/mol. The second-order valence-corrected chi connectivity index (χ2v) is 6.63. The van der Waals surface area contributed by atoms with Crippen LogP contribution in [-0.4, -0.2) is 36.4 Å². The Labute approximate surface area is 146 Å². The molecule has 0 saturated heterocycles. The topological polar surface area (TPSA) is 17.1 Å². The lowest BCUT2D eigenvalue weighted by Crippen LogP contribution is -3.00. The highest BCUT2D eigenvalue weighted by atomic mass is 79.9. The van der Waals surface area contributed by atoms with Gasteiger partial charge in [-0.2, -0.15) is 0 Å². The predicted molar refractivity (Wildman–Crippen MR) is 88.9 cm³/mol. The minimum atomic E-state index is -0.277. The van der Waals surface area contributed by atoms with Crippen LogP contribution in [0.3, 0.4) is 0 Å². The molecule has 0 fully saturated rings. The number of carbonyl (C=O) groups is 1. The molecule has 0 aromatic heterocycles. The molecule has 0 unspecified atom stereocenters. The molecular weight excluding hydrogens is 338 g/mol. The number of benzene rings is 1. The Morgan fingerprint density at radius 2 is 1.64 bits per heavy atom. The molecule has 3 heteroatoms. The second kappa shape index (κ2) is 9.12. The molecule has 1 aromatic carbocycles. The van der Waals surface area contributed by atoms with Crippen LogP contribution in [0, 0.1) is 17.3 Å². The molecule has 0 atom stereocenters. The van der Waals surface area contributed by atoms with Gasteiger partial charge >= 0.3 is 0 Å². The van der Waals surface area contributed by atoms with Crippen molar-refractivity contribution in [3.05, 3.63) is 35.9 Å². The zero-order chi connectivity index (χ0) is 15.9. The van der Waals surface area contributed by atoms with Crippen molar-refractivity contribution in [1.29, 1.82) is 0 Å². The zero-order valence-electron chi connectivity index (χ0n) is 14.4. The van der Waals surface area contributed by atoms with Gasteiger partial charge in [-0.1, -0.05) is 44.9 Å². The van der Waals surface area contributed by atoms with E-state index >= 15 is 0 Å². The third-order valence-electron chi connectivity index (χ3n) is 4.08. The van der Waals surface area contributed by atoms with Gasteiger partial charge in [-0.25, -0.2) is 0 Å². The van der Waals surface area contributed by atoms with Gasteiger partial charge in [-0.3, -0.25) is 4.79 Å². The van der Waals surface area contributed by atoms with E-state index < -0.39 is 0 Å². The third-order valence-corrected chi connectivity index (χ3v) is 4.08. The Kier molecular flexibility index (Phi) is 8.66. The van der Waals surface area contributed by atoms with E-state index in [0.29, 0.717) is 12.3 Å². The largest absolute Gasteiger partial charge is 1.00 e. The van der Waals surface area contributed by atoms with Gasteiger partial charge in [0.25, 0.3) is 0 Å². The maximum Gasteiger partial charge on any atom is 0.192 e. The molecule has 1 rings (SSSR count). The molecule has 2 nitrogen and oxygen atoms in total. The quantitative estimate of drug-likeness (QED) is 0.549. The van der Waals surface area contributed by atoms with E-state index in [2.05, 4.69) is 25.7 Å². The van der Waals surface area contributed by atoms with Gasteiger partial charge in [0.1, 0.15) is 13.1 Å². The van der Waals surface area contributed by atoms with Crippen LogP contribution in [0.25, 0.3) is 0 Å². The average Bonchev–Trinajstić information content (AvgIpc) is 2.46. The zero-order valence-corrected chi connectivity index (χ0v) is 16.0. The molecule has 1 aromatic rings.